The average molecular weight is 455 g/mol. The summed E-state index contributed by atoms with van der Waals surface area (Å²) < 4.78 is 30.7. The van der Waals surface area contributed by atoms with Crippen molar-refractivity contribution in [3.63, 3.8) is 0 Å². The van der Waals surface area contributed by atoms with E-state index >= 15 is 0 Å². The molecular formula is C19H25N3O8S. The van der Waals surface area contributed by atoms with E-state index in [9.17, 15) is 32.9 Å². The van der Waals surface area contributed by atoms with Gasteiger partial charge in [0.1, 0.15) is 0 Å². The fourth-order valence-electron chi connectivity index (χ4n) is 3.30. The van der Waals surface area contributed by atoms with Crippen LogP contribution in [-0.4, -0.2) is 72.8 Å². The summed E-state index contributed by atoms with van der Waals surface area (Å²) in [6, 6.07) is 2.94. The third kappa shape index (κ3) is 6.00. The highest BCUT2D eigenvalue weighted by molar-refractivity contribution is 7.89. The van der Waals surface area contributed by atoms with Gasteiger partial charge in [-0.1, -0.05) is 6.92 Å². The predicted molar refractivity (Wildman–Crippen MR) is 110 cm³/mol. The Labute approximate surface area is 180 Å². The lowest BCUT2D eigenvalue weighted by Gasteiger charge is -2.24. The molecule has 1 heterocycles. The number of hydrogen-bond donors (Lipinski definition) is 0. The molecule has 1 saturated heterocycles. The predicted octanol–water partition coefficient (Wildman–Crippen LogP) is 1.58. The number of nitrogens with zero attached hydrogens (tertiary/aromatic N) is 3. The summed E-state index contributed by atoms with van der Waals surface area (Å²) in [6.45, 7) is 2.33. The summed E-state index contributed by atoms with van der Waals surface area (Å²) in [5.74, 6) is -2.18. The molecule has 0 spiro atoms. The van der Waals surface area contributed by atoms with Crippen LogP contribution in [0.1, 0.15) is 53.3 Å². The SMILES string of the molecule is CCCS(=O)(=O)N(CCCN1CCCC1=O)C(=O)c1cc(C(=O)OC)cc([N+](=O)[O-])c1. The highest BCUT2D eigenvalue weighted by Gasteiger charge is 2.30. The minimum absolute atomic E-state index is 0.0179. The Bertz CT molecular complexity index is 976. The topological polar surface area (TPSA) is 144 Å². The van der Waals surface area contributed by atoms with Crippen LogP contribution in [0, 0.1) is 10.1 Å². The molecule has 2 amide bonds. The van der Waals surface area contributed by atoms with E-state index in [1.54, 1.807) is 11.8 Å². The summed E-state index contributed by atoms with van der Waals surface area (Å²) in [7, 11) is -2.92. The molecule has 170 valence electrons. The van der Waals surface area contributed by atoms with E-state index in [1.165, 1.54) is 0 Å². The van der Waals surface area contributed by atoms with Crippen LogP contribution < -0.4 is 0 Å². The lowest BCUT2D eigenvalue weighted by Crippen LogP contribution is -2.40. The Kier molecular flexibility index (Phi) is 8.08. The van der Waals surface area contributed by atoms with Crippen LogP contribution in [0.2, 0.25) is 0 Å². The van der Waals surface area contributed by atoms with Crippen LogP contribution in [-0.2, 0) is 19.6 Å². The molecule has 0 aliphatic carbocycles. The number of methoxy groups -OCH3 is 1. The second-order valence-corrected chi connectivity index (χ2v) is 9.06. The van der Waals surface area contributed by atoms with Crippen LogP contribution in [0.15, 0.2) is 18.2 Å². The monoisotopic (exact) mass is 455 g/mol. The van der Waals surface area contributed by atoms with E-state index in [4.69, 9.17) is 0 Å². The molecule has 0 N–H and O–H groups in total. The molecule has 0 unspecified atom stereocenters. The molecule has 0 bridgehead atoms. The number of benzene rings is 1. The Balaban J connectivity index is 2.35. The highest BCUT2D eigenvalue weighted by Crippen LogP contribution is 2.21. The molecule has 11 nitrogen and oxygen atoms in total. The Morgan fingerprint density at radius 3 is 2.48 bits per heavy atom. The second kappa shape index (κ2) is 10.3. The number of esters is 1. The first-order chi connectivity index (χ1) is 14.6. The van der Waals surface area contributed by atoms with Crippen molar-refractivity contribution in [2.24, 2.45) is 0 Å². The van der Waals surface area contributed by atoms with Gasteiger partial charge in [-0.25, -0.2) is 17.5 Å². The standard InChI is InChI=1S/C19H25N3O8S/c1-3-10-31(28,29)21(9-5-8-20-7-4-6-17(20)23)18(24)14-11-15(19(25)30-2)13-16(12-14)22(26)27/h11-13H,3-10H2,1-2H3. The van der Waals surface area contributed by atoms with E-state index in [0.29, 0.717) is 23.8 Å². The van der Waals surface area contributed by atoms with E-state index in [2.05, 4.69) is 4.74 Å². The Morgan fingerprint density at radius 1 is 1.26 bits per heavy atom. The van der Waals surface area contributed by atoms with E-state index in [0.717, 1.165) is 31.7 Å². The highest BCUT2D eigenvalue weighted by atomic mass is 32.2. The number of amides is 2. The summed E-state index contributed by atoms with van der Waals surface area (Å²) in [6.07, 6.45) is 1.67. The largest absolute Gasteiger partial charge is 0.465 e. The van der Waals surface area contributed by atoms with Crippen LogP contribution >= 0.6 is 0 Å². The molecule has 1 aliphatic rings. The van der Waals surface area contributed by atoms with Crippen LogP contribution in [0.3, 0.4) is 0 Å². The summed E-state index contributed by atoms with van der Waals surface area (Å²) in [5, 5.41) is 11.2. The zero-order valence-electron chi connectivity index (χ0n) is 17.4. The minimum Gasteiger partial charge on any atom is -0.465 e. The third-order valence-electron chi connectivity index (χ3n) is 4.78. The van der Waals surface area contributed by atoms with Crippen molar-refractivity contribution in [3.05, 3.63) is 39.4 Å². The summed E-state index contributed by atoms with van der Waals surface area (Å²) in [4.78, 5) is 48.8. The van der Waals surface area contributed by atoms with Gasteiger partial charge < -0.3 is 9.64 Å². The number of carbonyl (C=O) groups is 3. The van der Waals surface area contributed by atoms with Gasteiger partial charge in [-0.2, -0.15) is 0 Å². The van der Waals surface area contributed by atoms with Gasteiger partial charge in [0.25, 0.3) is 11.6 Å². The van der Waals surface area contributed by atoms with Crippen LogP contribution in [0.25, 0.3) is 0 Å². The van der Waals surface area contributed by atoms with Gasteiger partial charge in [0.05, 0.1) is 23.3 Å². The quantitative estimate of drug-likeness (QED) is 0.294. The molecule has 1 aliphatic heterocycles. The van der Waals surface area contributed by atoms with E-state index in [-0.39, 0.29) is 42.2 Å². The Morgan fingerprint density at radius 2 is 1.94 bits per heavy atom. The minimum atomic E-state index is -4.01. The van der Waals surface area contributed by atoms with Crippen molar-refractivity contribution in [2.45, 2.75) is 32.6 Å². The van der Waals surface area contributed by atoms with Crippen molar-refractivity contribution < 1.29 is 32.5 Å². The maximum absolute atomic E-state index is 13.1. The molecule has 31 heavy (non-hydrogen) atoms. The number of hydrogen-bond acceptors (Lipinski definition) is 8. The van der Waals surface area contributed by atoms with Crippen molar-refractivity contribution in [1.82, 2.24) is 9.21 Å². The molecule has 0 aromatic heterocycles. The van der Waals surface area contributed by atoms with Gasteiger partial charge in [-0.15, -0.1) is 0 Å². The van der Waals surface area contributed by atoms with Gasteiger partial charge >= 0.3 is 5.97 Å². The molecule has 2 rings (SSSR count). The zero-order chi connectivity index (χ0) is 23.2. The lowest BCUT2D eigenvalue weighted by atomic mass is 10.1. The molecule has 0 saturated carbocycles. The third-order valence-corrected chi connectivity index (χ3v) is 6.73. The molecular weight excluding hydrogens is 430 g/mol. The van der Waals surface area contributed by atoms with E-state index < -0.39 is 32.5 Å². The first-order valence-corrected chi connectivity index (χ1v) is 11.4. The molecule has 1 aromatic carbocycles. The number of likely N-dealkylation sites (tertiary alicyclic amines) is 1. The normalized spacial score (nSPS) is 13.9. The number of rotatable bonds is 10. The van der Waals surface area contributed by atoms with Gasteiger partial charge in [-0.3, -0.25) is 19.7 Å². The first-order valence-electron chi connectivity index (χ1n) is 9.81. The molecule has 12 heteroatoms. The first kappa shape index (κ1) is 24.3. The fourth-order valence-corrected chi connectivity index (χ4v) is 4.80. The van der Waals surface area contributed by atoms with Gasteiger partial charge in [0, 0.05) is 43.8 Å². The number of nitro groups is 1. The maximum atomic E-state index is 13.1. The van der Waals surface area contributed by atoms with Gasteiger partial charge in [0.15, 0.2) is 0 Å². The maximum Gasteiger partial charge on any atom is 0.338 e. The second-order valence-electron chi connectivity index (χ2n) is 7.05. The van der Waals surface area contributed by atoms with Crippen molar-refractivity contribution in [2.75, 3.05) is 32.5 Å². The molecule has 0 atom stereocenters. The molecule has 1 aromatic rings. The number of carbonyl (C=O) groups excluding carboxylic acids is 3. The number of sulfonamides is 1. The Hall–Kier alpha value is -3.02. The van der Waals surface area contributed by atoms with Crippen LogP contribution in [0.5, 0.6) is 0 Å². The van der Waals surface area contributed by atoms with Crippen LogP contribution in [0.4, 0.5) is 5.69 Å². The molecule has 0 radical (unpaired) electrons. The number of ether oxygens (including phenoxy) is 1. The zero-order valence-corrected chi connectivity index (χ0v) is 18.2. The lowest BCUT2D eigenvalue weighted by molar-refractivity contribution is -0.384. The fraction of sp³-hybridized carbons (Fsp3) is 0.526. The van der Waals surface area contributed by atoms with Gasteiger partial charge in [0.2, 0.25) is 15.9 Å². The van der Waals surface area contributed by atoms with Crippen molar-refractivity contribution in [1.29, 1.82) is 0 Å². The smallest absolute Gasteiger partial charge is 0.338 e. The number of non-ortho nitro benzene ring substituents is 1. The summed E-state index contributed by atoms with van der Waals surface area (Å²) in [5.41, 5.74) is -1.09. The summed E-state index contributed by atoms with van der Waals surface area (Å²) >= 11 is 0. The van der Waals surface area contributed by atoms with E-state index in [1.807, 2.05) is 0 Å². The van der Waals surface area contributed by atoms with Crippen molar-refractivity contribution >= 4 is 33.5 Å². The number of nitro benzene ring substituents is 1. The molecule has 1 fully saturated rings. The average Bonchev–Trinajstić information content (AvgIpc) is 3.14. The van der Waals surface area contributed by atoms with Gasteiger partial charge in [-0.05, 0) is 25.3 Å². The van der Waals surface area contributed by atoms with Crippen molar-refractivity contribution in [3.8, 4) is 0 Å².